The van der Waals surface area contributed by atoms with Gasteiger partial charge in [-0.15, -0.1) is 0 Å². The van der Waals surface area contributed by atoms with Crippen LogP contribution < -0.4 is 5.73 Å². The first-order valence-electron chi connectivity index (χ1n) is 7.04. The maximum Gasteiger partial charge on any atom is 0.137 e. The van der Waals surface area contributed by atoms with Gasteiger partial charge >= 0.3 is 0 Å². The molecule has 108 valence electrons. The number of nitrogens with zero attached hydrogens (tertiary/aromatic N) is 2. The molecule has 0 fully saturated rings. The summed E-state index contributed by atoms with van der Waals surface area (Å²) in [5.41, 5.74) is 12.4. The Balaban J connectivity index is 2.30. The van der Waals surface area contributed by atoms with Crippen LogP contribution in [0.5, 0.6) is 0 Å². The SMILES string of the molecule is Cc1ccc(C)c(-c2nc3ccc(Cl)cn3c2CCN)c1. The molecule has 2 aromatic heterocycles. The van der Waals surface area contributed by atoms with Gasteiger partial charge in [0.1, 0.15) is 5.65 Å². The van der Waals surface area contributed by atoms with Crippen molar-refractivity contribution in [1.29, 1.82) is 0 Å². The summed E-state index contributed by atoms with van der Waals surface area (Å²) in [5.74, 6) is 0. The van der Waals surface area contributed by atoms with Gasteiger partial charge in [-0.3, -0.25) is 0 Å². The van der Waals surface area contributed by atoms with E-state index in [9.17, 15) is 0 Å². The number of hydrogen-bond acceptors (Lipinski definition) is 2. The first kappa shape index (κ1) is 14.1. The number of hydrogen-bond donors (Lipinski definition) is 1. The first-order valence-corrected chi connectivity index (χ1v) is 7.42. The number of fused-ring (bicyclic) bond motifs is 1. The molecule has 1 aromatic carbocycles. The minimum Gasteiger partial charge on any atom is -0.330 e. The Hall–Kier alpha value is -1.84. The van der Waals surface area contributed by atoms with Crippen LogP contribution in [0.25, 0.3) is 16.9 Å². The summed E-state index contributed by atoms with van der Waals surface area (Å²) in [6, 6.07) is 10.2. The van der Waals surface area contributed by atoms with Gasteiger partial charge in [-0.25, -0.2) is 4.98 Å². The molecule has 2 heterocycles. The Morgan fingerprint density at radius 1 is 1.19 bits per heavy atom. The number of benzene rings is 1. The molecule has 3 rings (SSSR count). The molecule has 0 saturated heterocycles. The van der Waals surface area contributed by atoms with Gasteiger partial charge in [0.25, 0.3) is 0 Å². The highest BCUT2D eigenvalue weighted by Crippen LogP contribution is 2.29. The molecule has 0 unspecified atom stereocenters. The number of halogens is 1. The third-order valence-corrected chi connectivity index (χ3v) is 3.93. The van der Waals surface area contributed by atoms with Crippen molar-refractivity contribution in [3.8, 4) is 11.3 Å². The molecule has 0 aliphatic heterocycles. The zero-order chi connectivity index (χ0) is 15.0. The van der Waals surface area contributed by atoms with Crippen LogP contribution in [0.15, 0.2) is 36.5 Å². The van der Waals surface area contributed by atoms with Crippen molar-refractivity contribution in [3.63, 3.8) is 0 Å². The predicted molar refractivity (Wildman–Crippen MR) is 87.9 cm³/mol. The van der Waals surface area contributed by atoms with Crippen LogP contribution >= 0.6 is 11.6 Å². The number of imidazole rings is 1. The van der Waals surface area contributed by atoms with E-state index >= 15 is 0 Å². The number of aromatic nitrogens is 2. The topological polar surface area (TPSA) is 43.3 Å². The quantitative estimate of drug-likeness (QED) is 0.800. The second-order valence-electron chi connectivity index (χ2n) is 5.34. The summed E-state index contributed by atoms with van der Waals surface area (Å²) in [7, 11) is 0. The lowest BCUT2D eigenvalue weighted by molar-refractivity contribution is 0.907. The summed E-state index contributed by atoms with van der Waals surface area (Å²) >= 11 is 6.12. The lowest BCUT2D eigenvalue weighted by Gasteiger charge is -2.08. The van der Waals surface area contributed by atoms with E-state index in [4.69, 9.17) is 22.3 Å². The second kappa shape index (κ2) is 5.51. The van der Waals surface area contributed by atoms with Crippen LogP contribution in [-0.4, -0.2) is 15.9 Å². The molecular weight excluding hydrogens is 282 g/mol. The van der Waals surface area contributed by atoms with Gasteiger partial charge in [0.15, 0.2) is 0 Å². The molecule has 0 bridgehead atoms. The maximum atomic E-state index is 6.12. The van der Waals surface area contributed by atoms with Gasteiger partial charge < -0.3 is 10.1 Å². The third kappa shape index (κ3) is 2.55. The molecule has 21 heavy (non-hydrogen) atoms. The lowest BCUT2D eigenvalue weighted by atomic mass is 10.0. The van der Waals surface area contributed by atoms with Crippen molar-refractivity contribution in [2.45, 2.75) is 20.3 Å². The van der Waals surface area contributed by atoms with Crippen molar-refractivity contribution in [3.05, 3.63) is 58.4 Å². The molecule has 0 radical (unpaired) electrons. The molecule has 0 atom stereocenters. The summed E-state index contributed by atoms with van der Waals surface area (Å²) in [6.07, 6.45) is 2.67. The van der Waals surface area contributed by atoms with Gasteiger partial charge in [0, 0.05) is 18.2 Å². The smallest absolute Gasteiger partial charge is 0.137 e. The second-order valence-corrected chi connectivity index (χ2v) is 5.78. The van der Waals surface area contributed by atoms with Crippen LogP contribution in [-0.2, 0) is 6.42 Å². The van der Waals surface area contributed by atoms with Gasteiger partial charge in [-0.1, -0.05) is 29.3 Å². The van der Waals surface area contributed by atoms with E-state index in [2.05, 4.69) is 32.0 Å². The fourth-order valence-electron chi connectivity index (χ4n) is 2.65. The normalized spacial score (nSPS) is 11.2. The predicted octanol–water partition coefficient (Wildman–Crippen LogP) is 3.77. The third-order valence-electron chi connectivity index (χ3n) is 3.71. The van der Waals surface area contributed by atoms with E-state index in [-0.39, 0.29) is 0 Å². The van der Waals surface area contributed by atoms with E-state index in [1.807, 2.05) is 22.7 Å². The molecular formula is C17H18ClN3. The summed E-state index contributed by atoms with van der Waals surface area (Å²) in [5, 5.41) is 0.700. The van der Waals surface area contributed by atoms with E-state index in [0.717, 1.165) is 23.5 Å². The molecule has 2 N–H and O–H groups in total. The Morgan fingerprint density at radius 3 is 2.76 bits per heavy atom. The van der Waals surface area contributed by atoms with Crippen molar-refractivity contribution in [2.75, 3.05) is 6.54 Å². The van der Waals surface area contributed by atoms with E-state index in [0.29, 0.717) is 11.6 Å². The van der Waals surface area contributed by atoms with E-state index in [1.54, 1.807) is 0 Å². The Kier molecular flexibility index (Phi) is 3.70. The van der Waals surface area contributed by atoms with Crippen molar-refractivity contribution in [2.24, 2.45) is 5.73 Å². The van der Waals surface area contributed by atoms with Gasteiger partial charge in [-0.05, 0) is 44.2 Å². The van der Waals surface area contributed by atoms with Crippen LogP contribution in [0.3, 0.4) is 0 Å². The van der Waals surface area contributed by atoms with E-state index in [1.165, 1.54) is 16.7 Å². The fourth-order valence-corrected chi connectivity index (χ4v) is 2.81. The Labute approximate surface area is 129 Å². The molecule has 0 spiro atoms. The number of rotatable bonds is 3. The van der Waals surface area contributed by atoms with Crippen LogP contribution in [0.4, 0.5) is 0 Å². The molecule has 0 aliphatic rings. The highest BCUT2D eigenvalue weighted by atomic mass is 35.5. The fraction of sp³-hybridized carbons (Fsp3) is 0.235. The number of nitrogens with two attached hydrogens (primary N) is 1. The summed E-state index contributed by atoms with van der Waals surface area (Å²) in [4.78, 5) is 4.79. The van der Waals surface area contributed by atoms with Gasteiger partial charge in [-0.2, -0.15) is 0 Å². The number of pyridine rings is 1. The zero-order valence-electron chi connectivity index (χ0n) is 12.2. The monoisotopic (exact) mass is 299 g/mol. The summed E-state index contributed by atoms with van der Waals surface area (Å²) in [6.45, 7) is 4.79. The lowest BCUT2D eigenvalue weighted by Crippen LogP contribution is -2.06. The molecule has 4 heteroatoms. The number of aryl methyl sites for hydroxylation is 2. The van der Waals surface area contributed by atoms with Crippen LogP contribution in [0.2, 0.25) is 5.02 Å². The average molecular weight is 300 g/mol. The van der Waals surface area contributed by atoms with Crippen molar-refractivity contribution < 1.29 is 0 Å². The minimum absolute atomic E-state index is 0.582. The van der Waals surface area contributed by atoms with Crippen molar-refractivity contribution in [1.82, 2.24) is 9.38 Å². The maximum absolute atomic E-state index is 6.12. The Bertz CT molecular complexity index is 805. The van der Waals surface area contributed by atoms with Gasteiger partial charge in [0.2, 0.25) is 0 Å². The summed E-state index contributed by atoms with van der Waals surface area (Å²) < 4.78 is 2.05. The van der Waals surface area contributed by atoms with Crippen LogP contribution in [0.1, 0.15) is 16.8 Å². The molecule has 0 aliphatic carbocycles. The largest absolute Gasteiger partial charge is 0.330 e. The highest BCUT2D eigenvalue weighted by Gasteiger charge is 2.15. The van der Waals surface area contributed by atoms with Crippen LogP contribution in [0, 0.1) is 13.8 Å². The Morgan fingerprint density at radius 2 is 2.00 bits per heavy atom. The van der Waals surface area contributed by atoms with E-state index < -0.39 is 0 Å². The molecule has 3 nitrogen and oxygen atoms in total. The molecule has 0 saturated carbocycles. The van der Waals surface area contributed by atoms with Crippen molar-refractivity contribution >= 4 is 17.2 Å². The standard InChI is InChI=1S/C17H18ClN3/c1-11-3-4-12(2)14(9-11)17-15(7-8-19)21-10-13(18)5-6-16(21)20-17/h3-6,9-10H,7-8,19H2,1-2H3. The van der Waals surface area contributed by atoms with Gasteiger partial charge in [0.05, 0.1) is 16.4 Å². The molecule has 3 aromatic rings. The highest BCUT2D eigenvalue weighted by molar-refractivity contribution is 6.30. The minimum atomic E-state index is 0.582. The molecule has 0 amide bonds. The average Bonchev–Trinajstić information content (AvgIpc) is 2.80. The zero-order valence-corrected chi connectivity index (χ0v) is 13.0. The first-order chi connectivity index (χ1) is 10.1.